The third-order valence-corrected chi connectivity index (χ3v) is 5.19. The number of esters is 1. The molecule has 2 rings (SSSR count). The maximum Gasteiger partial charge on any atom is 0.490 e. The van der Waals surface area contributed by atoms with Crippen LogP contribution in [0.25, 0.3) is 0 Å². The molecule has 0 aromatic heterocycles. The van der Waals surface area contributed by atoms with Gasteiger partial charge in [0.15, 0.2) is 5.78 Å². The van der Waals surface area contributed by atoms with Gasteiger partial charge in [-0.25, -0.2) is 9.59 Å². The van der Waals surface area contributed by atoms with E-state index in [0.717, 1.165) is 0 Å². The van der Waals surface area contributed by atoms with Gasteiger partial charge in [0.05, 0.1) is 12.7 Å². The molecule has 36 heavy (non-hydrogen) atoms. The number of nitrogens with zero attached hydrogens (tertiary/aromatic N) is 1. The predicted octanol–water partition coefficient (Wildman–Crippen LogP) is 2.38. The minimum absolute atomic E-state index is 0.0538. The number of carboxylic acid groups (broad SMARTS) is 1. The number of likely N-dealkylation sites (tertiary alicyclic amines) is 1. The predicted molar refractivity (Wildman–Crippen MR) is 121 cm³/mol. The Morgan fingerprint density at radius 1 is 1.14 bits per heavy atom. The molecule has 1 unspecified atom stereocenters. The van der Waals surface area contributed by atoms with Gasteiger partial charge in [-0.05, 0) is 19.8 Å². The van der Waals surface area contributed by atoms with E-state index in [4.69, 9.17) is 30.5 Å². The van der Waals surface area contributed by atoms with Crippen LogP contribution in [-0.4, -0.2) is 78.1 Å². The second kappa shape index (κ2) is 14.2. The van der Waals surface area contributed by atoms with Gasteiger partial charge in [-0.3, -0.25) is 15.0 Å². The molecule has 1 aromatic carbocycles. The van der Waals surface area contributed by atoms with Gasteiger partial charge < -0.3 is 25.2 Å². The van der Waals surface area contributed by atoms with Crippen molar-refractivity contribution in [2.75, 3.05) is 26.3 Å². The zero-order valence-electron chi connectivity index (χ0n) is 20.0. The molecule has 1 aliphatic heterocycles. The van der Waals surface area contributed by atoms with Crippen molar-refractivity contribution in [3.05, 3.63) is 35.4 Å². The minimum Gasteiger partial charge on any atom is -0.475 e. The van der Waals surface area contributed by atoms with Crippen LogP contribution in [0.3, 0.4) is 0 Å². The number of ketones is 1. The van der Waals surface area contributed by atoms with Gasteiger partial charge in [-0.2, -0.15) is 13.2 Å². The van der Waals surface area contributed by atoms with Crippen molar-refractivity contribution >= 4 is 29.5 Å². The maximum absolute atomic E-state index is 12.6. The molecule has 0 saturated carbocycles. The van der Waals surface area contributed by atoms with Gasteiger partial charge in [-0.1, -0.05) is 31.2 Å². The first-order valence-corrected chi connectivity index (χ1v) is 11.1. The summed E-state index contributed by atoms with van der Waals surface area (Å²) < 4.78 is 42.1. The highest BCUT2D eigenvalue weighted by atomic mass is 19.4. The van der Waals surface area contributed by atoms with Crippen molar-refractivity contribution in [3.63, 3.8) is 0 Å². The number of aliphatic carboxylic acids is 1. The van der Waals surface area contributed by atoms with Crippen molar-refractivity contribution < 1.29 is 46.9 Å². The van der Waals surface area contributed by atoms with Crippen LogP contribution in [0.5, 0.6) is 0 Å². The van der Waals surface area contributed by atoms with Crippen molar-refractivity contribution in [1.82, 2.24) is 4.90 Å². The van der Waals surface area contributed by atoms with Crippen molar-refractivity contribution in [2.45, 2.75) is 45.4 Å². The van der Waals surface area contributed by atoms with Gasteiger partial charge in [0.1, 0.15) is 12.4 Å². The Kier molecular flexibility index (Phi) is 12.0. The van der Waals surface area contributed by atoms with E-state index in [1.54, 1.807) is 43.0 Å². The smallest absolute Gasteiger partial charge is 0.475 e. The number of amides is 1. The SMILES string of the molecule is CCOC(=O)COC1CCN(C(=O)CC(C)C(=O)c2ccc(C(=N)N)cc2)CC1.O=C(O)C(F)(F)F. The number of carbonyl (C=O) groups is 4. The van der Waals surface area contributed by atoms with E-state index in [9.17, 15) is 27.6 Å². The second-order valence-corrected chi connectivity index (χ2v) is 7.96. The number of benzene rings is 1. The summed E-state index contributed by atoms with van der Waals surface area (Å²) >= 11 is 0. The average molecular weight is 518 g/mol. The van der Waals surface area contributed by atoms with Crippen LogP contribution in [0.15, 0.2) is 24.3 Å². The first kappa shape index (κ1) is 30.6. The second-order valence-electron chi connectivity index (χ2n) is 7.96. The minimum atomic E-state index is -5.08. The quantitative estimate of drug-likeness (QED) is 0.195. The number of carboxylic acids is 1. The molecule has 4 N–H and O–H groups in total. The fraction of sp³-hybridized carbons (Fsp3) is 0.522. The molecule has 0 bridgehead atoms. The summed E-state index contributed by atoms with van der Waals surface area (Å²) in [5.74, 6) is -3.80. The Labute approximate surface area is 206 Å². The summed E-state index contributed by atoms with van der Waals surface area (Å²) in [7, 11) is 0. The molecule has 1 aromatic rings. The van der Waals surface area contributed by atoms with Crippen LogP contribution >= 0.6 is 0 Å². The summed E-state index contributed by atoms with van der Waals surface area (Å²) in [6.07, 6.45) is -3.70. The topological polar surface area (TPSA) is 160 Å². The number of nitrogens with two attached hydrogens (primary N) is 1. The largest absolute Gasteiger partial charge is 0.490 e. The number of amidine groups is 1. The normalized spacial score (nSPS) is 14.8. The van der Waals surface area contributed by atoms with E-state index in [1.165, 1.54) is 0 Å². The first-order chi connectivity index (χ1) is 16.8. The van der Waals surface area contributed by atoms with Crippen LogP contribution in [0, 0.1) is 11.3 Å². The monoisotopic (exact) mass is 517 g/mol. The number of halogens is 3. The summed E-state index contributed by atoms with van der Waals surface area (Å²) in [4.78, 5) is 47.1. The van der Waals surface area contributed by atoms with Crippen molar-refractivity contribution in [1.29, 1.82) is 5.41 Å². The third-order valence-electron chi connectivity index (χ3n) is 5.19. The Morgan fingerprint density at radius 3 is 2.08 bits per heavy atom. The van der Waals surface area contributed by atoms with Crippen LogP contribution in [0.4, 0.5) is 13.2 Å². The Balaban J connectivity index is 0.000000809. The van der Waals surface area contributed by atoms with E-state index < -0.39 is 18.1 Å². The van der Waals surface area contributed by atoms with E-state index in [2.05, 4.69) is 0 Å². The number of Topliss-reactive ketones (excluding diaryl/α,β-unsaturated/α-hetero) is 1. The lowest BCUT2D eigenvalue weighted by Gasteiger charge is -2.32. The fourth-order valence-corrected chi connectivity index (χ4v) is 3.24. The zero-order valence-corrected chi connectivity index (χ0v) is 20.0. The van der Waals surface area contributed by atoms with Crippen LogP contribution in [-0.2, 0) is 23.9 Å². The summed E-state index contributed by atoms with van der Waals surface area (Å²) in [6.45, 7) is 4.83. The number of carbonyl (C=O) groups excluding carboxylic acids is 3. The molecule has 1 atom stereocenters. The van der Waals surface area contributed by atoms with Crippen LogP contribution in [0.2, 0.25) is 0 Å². The third kappa shape index (κ3) is 10.4. The van der Waals surface area contributed by atoms with Crippen molar-refractivity contribution in [3.8, 4) is 0 Å². The van der Waals surface area contributed by atoms with Crippen LogP contribution < -0.4 is 5.73 Å². The Morgan fingerprint density at radius 2 is 1.64 bits per heavy atom. The number of rotatable bonds is 9. The van der Waals surface area contributed by atoms with E-state index >= 15 is 0 Å². The highest BCUT2D eigenvalue weighted by Crippen LogP contribution is 2.19. The number of piperidine rings is 1. The molecular weight excluding hydrogens is 487 g/mol. The van der Waals surface area contributed by atoms with E-state index in [-0.39, 0.29) is 42.6 Å². The lowest BCUT2D eigenvalue weighted by atomic mass is 9.94. The molecule has 200 valence electrons. The summed E-state index contributed by atoms with van der Waals surface area (Å²) in [6, 6.07) is 6.52. The van der Waals surface area contributed by atoms with Gasteiger partial charge in [-0.15, -0.1) is 0 Å². The number of nitrogens with one attached hydrogen (secondary N) is 1. The molecule has 1 aliphatic rings. The average Bonchev–Trinajstić information content (AvgIpc) is 2.82. The number of nitrogen functional groups attached to an aromatic ring is 1. The fourth-order valence-electron chi connectivity index (χ4n) is 3.24. The lowest BCUT2D eigenvalue weighted by molar-refractivity contribution is -0.192. The van der Waals surface area contributed by atoms with Gasteiger partial charge >= 0.3 is 18.1 Å². The molecule has 10 nitrogen and oxygen atoms in total. The molecule has 1 amide bonds. The van der Waals surface area contributed by atoms with Crippen molar-refractivity contribution in [2.24, 2.45) is 11.7 Å². The van der Waals surface area contributed by atoms with Gasteiger partial charge in [0, 0.05) is 36.6 Å². The maximum atomic E-state index is 12.6. The highest BCUT2D eigenvalue weighted by Gasteiger charge is 2.38. The molecule has 1 fully saturated rings. The standard InChI is InChI=1S/C21H29N3O5.C2HF3O2/c1-3-28-19(26)13-29-17-8-10-24(11-9-17)18(25)12-14(2)20(27)15-4-6-16(7-5-15)21(22)23;3-2(4,5)1(6)7/h4-7,14,17H,3,8-13H2,1-2H3,(H3,22,23);(H,6,7). The Hall–Kier alpha value is -3.48. The molecule has 0 radical (unpaired) electrons. The Bertz CT molecular complexity index is 928. The molecule has 1 saturated heterocycles. The molecule has 1 heterocycles. The zero-order chi connectivity index (χ0) is 27.5. The van der Waals surface area contributed by atoms with E-state index in [1.807, 2.05) is 0 Å². The lowest BCUT2D eigenvalue weighted by Crippen LogP contribution is -2.42. The summed E-state index contributed by atoms with van der Waals surface area (Å²) in [5.41, 5.74) is 6.48. The van der Waals surface area contributed by atoms with Gasteiger partial charge in [0.25, 0.3) is 0 Å². The number of alkyl halides is 3. The number of hydrogen-bond acceptors (Lipinski definition) is 7. The number of ether oxygens (including phenoxy) is 2. The van der Waals surface area contributed by atoms with E-state index in [0.29, 0.717) is 43.7 Å². The number of hydrogen-bond donors (Lipinski definition) is 3. The van der Waals surface area contributed by atoms with Gasteiger partial charge in [0.2, 0.25) is 5.91 Å². The molecular formula is C23H30F3N3O7. The molecule has 13 heteroatoms. The summed E-state index contributed by atoms with van der Waals surface area (Å²) in [5, 5.41) is 14.5. The molecule has 0 spiro atoms. The van der Waals surface area contributed by atoms with Crippen LogP contribution in [0.1, 0.15) is 49.0 Å². The molecule has 0 aliphatic carbocycles. The first-order valence-electron chi connectivity index (χ1n) is 11.1. The highest BCUT2D eigenvalue weighted by molar-refractivity contribution is 6.01.